The fourth-order valence-corrected chi connectivity index (χ4v) is 4.42. The molecule has 0 aliphatic carbocycles. The van der Waals surface area contributed by atoms with Crippen molar-refractivity contribution in [2.75, 3.05) is 5.32 Å². The molecule has 1 unspecified atom stereocenters. The predicted molar refractivity (Wildman–Crippen MR) is 128 cm³/mol. The fourth-order valence-electron chi connectivity index (χ4n) is 2.76. The Kier molecular flexibility index (Phi) is 6.91. The number of imidazole rings is 1. The standard InChI is InChI=1S/C21H23ClF4N4OSSi/c1-20(2,3)33(4,5)31-16(21(24,25)26)18-29-15-12(8-9-27-17(15)30-18)19(32)28-11-6-7-14(23)13(22)10-11/h6-10,16H,1-5H3,(H,28,32)(H,27,29,30). The summed E-state index contributed by atoms with van der Waals surface area (Å²) < 4.78 is 61.1. The van der Waals surface area contributed by atoms with Gasteiger partial charge in [-0.15, -0.1) is 0 Å². The third kappa shape index (κ3) is 5.53. The van der Waals surface area contributed by atoms with Crippen LogP contribution in [0.3, 0.4) is 0 Å². The van der Waals surface area contributed by atoms with E-state index in [0.717, 1.165) is 0 Å². The van der Waals surface area contributed by atoms with Crippen molar-refractivity contribution >= 4 is 54.0 Å². The summed E-state index contributed by atoms with van der Waals surface area (Å²) in [7, 11) is -2.79. The van der Waals surface area contributed by atoms with E-state index < -0.39 is 37.3 Å². The van der Waals surface area contributed by atoms with E-state index in [9.17, 15) is 17.6 Å². The van der Waals surface area contributed by atoms with Gasteiger partial charge in [-0.1, -0.05) is 44.6 Å². The van der Waals surface area contributed by atoms with Crippen LogP contribution in [0.5, 0.6) is 0 Å². The van der Waals surface area contributed by atoms with Gasteiger partial charge >= 0.3 is 6.18 Å². The minimum absolute atomic E-state index is 0.0665. The predicted octanol–water partition coefficient (Wildman–Crippen LogP) is 7.16. The van der Waals surface area contributed by atoms with Crippen molar-refractivity contribution < 1.29 is 22.0 Å². The zero-order chi connectivity index (χ0) is 24.8. The first-order valence-electron chi connectivity index (χ1n) is 9.96. The number of aromatic amines is 1. The Balaban J connectivity index is 1.99. The molecule has 178 valence electrons. The zero-order valence-electron chi connectivity index (χ0n) is 18.6. The molecule has 3 rings (SSSR count). The minimum Gasteiger partial charge on any atom is -0.400 e. The van der Waals surface area contributed by atoms with E-state index in [0.29, 0.717) is 11.3 Å². The van der Waals surface area contributed by atoms with E-state index in [-0.39, 0.29) is 21.2 Å². The number of anilines is 1. The van der Waals surface area contributed by atoms with Crippen molar-refractivity contribution in [2.45, 2.75) is 51.2 Å². The zero-order valence-corrected chi connectivity index (χ0v) is 21.1. The monoisotopic (exact) mass is 518 g/mol. The van der Waals surface area contributed by atoms with Gasteiger partial charge in [-0.3, -0.25) is 0 Å². The molecule has 0 radical (unpaired) electrons. The van der Waals surface area contributed by atoms with Crippen LogP contribution in [0.25, 0.3) is 11.2 Å². The lowest BCUT2D eigenvalue weighted by molar-refractivity contribution is -0.203. The molecule has 0 spiro atoms. The Morgan fingerprint density at radius 3 is 2.45 bits per heavy atom. The number of fused-ring (bicyclic) bond motifs is 1. The van der Waals surface area contributed by atoms with Crippen LogP contribution in [-0.4, -0.2) is 34.4 Å². The highest BCUT2D eigenvalue weighted by molar-refractivity contribution is 7.81. The van der Waals surface area contributed by atoms with E-state index in [2.05, 4.69) is 20.3 Å². The molecule has 2 aromatic heterocycles. The molecule has 0 aliphatic rings. The van der Waals surface area contributed by atoms with Gasteiger partial charge in [0.15, 0.2) is 14.0 Å². The van der Waals surface area contributed by atoms with Crippen LogP contribution in [0.4, 0.5) is 23.2 Å². The van der Waals surface area contributed by atoms with E-state index >= 15 is 0 Å². The third-order valence-electron chi connectivity index (χ3n) is 5.60. The summed E-state index contributed by atoms with van der Waals surface area (Å²) in [5.74, 6) is -0.979. The molecule has 33 heavy (non-hydrogen) atoms. The van der Waals surface area contributed by atoms with Gasteiger partial charge < -0.3 is 14.7 Å². The van der Waals surface area contributed by atoms with Gasteiger partial charge in [0.25, 0.3) is 0 Å². The Hall–Kier alpha value is -2.08. The van der Waals surface area contributed by atoms with Crippen molar-refractivity contribution in [3.8, 4) is 0 Å². The largest absolute Gasteiger partial charge is 0.420 e. The molecule has 5 nitrogen and oxygen atoms in total. The lowest BCUT2D eigenvalue weighted by Crippen LogP contribution is -2.44. The second kappa shape index (κ2) is 8.93. The number of H-pyrrole nitrogens is 1. The second-order valence-corrected chi connectivity index (χ2v) is 14.6. The summed E-state index contributed by atoms with van der Waals surface area (Å²) in [6, 6.07) is 5.52. The molecule has 3 aromatic rings. The average Bonchev–Trinajstić information content (AvgIpc) is 3.11. The Morgan fingerprint density at radius 2 is 1.88 bits per heavy atom. The molecule has 1 aromatic carbocycles. The molecule has 0 saturated carbocycles. The van der Waals surface area contributed by atoms with Crippen molar-refractivity contribution in [3.05, 3.63) is 52.7 Å². The fraction of sp³-hybridized carbons (Fsp3) is 0.381. The highest BCUT2D eigenvalue weighted by Gasteiger charge is 2.50. The van der Waals surface area contributed by atoms with Crippen LogP contribution in [0.15, 0.2) is 30.5 Å². The number of pyridine rings is 1. The lowest BCUT2D eigenvalue weighted by Gasteiger charge is -2.39. The van der Waals surface area contributed by atoms with Gasteiger partial charge in [0, 0.05) is 17.4 Å². The number of aromatic nitrogens is 3. The summed E-state index contributed by atoms with van der Waals surface area (Å²) in [6.45, 7) is 9.06. The van der Waals surface area contributed by atoms with Crippen LogP contribution >= 0.6 is 23.8 Å². The molecule has 1 atom stereocenters. The normalized spacial score (nSPS) is 13.9. The average molecular weight is 519 g/mol. The first-order chi connectivity index (χ1) is 15.1. The molecular formula is C21H23ClF4N4OSSi. The molecule has 0 aliphatic heterocycles. The second-order valence-electron chi connectivity index (χ2n) is 9.06. The van der Waals surface area contributed by atoms with Crippen molar-refractivity contribution in [3.63, 3.8) is 0 Å². The van der Waals surface area contributed by atoms with E-state index in [1.165, 1.54) is 24.4 Å². The van der Waals surface area contributed by atoms with Crippen molar-refractivity contribution in [2.24, 2.45) is 0 Å². The van der Waals surface area contributed by atoms with E-state index in [1.807, 2.05) is 20.8 Å². The number of nitrogens with zero attached hydrogens (tertiary/aromatic N) is 2. The molecule has 0 saturated heterocycles. The molecule has 0 amide bonds. The van der Waals surface area contributed by atoms with E-state index in [1.54, 1.807) is 19.2 Å². The highest BCUT2D eigenvalue weighted by atomic mass is 35.5. The highest BCUT2D eigenvalue weighted by Crippen LogP contribution is 2.44. The minimum atomic E-state index is -4.69. The number of alkyl halides is 3. The van der Waals surface area contributed by atoms with Crippen LogP contribution in [0.1, 0.15) is 38.3 Å². The van der Waals surface area contributed by atoms with Gasteiger partial charge in [0.1, 0.15) is 16.6 Å². The summed E-state index contributed by atoms with van der Waals surface area (Å²) in [5.41, 5.74) is 1.09. The summed E-state index contributed by atoms with van der Waals surface area (Å²) in [6.07, 6.45) is -5.53. The maximum Gasteiger partial charge on any atom is 0.420 e. The maximum atomic E-state index is 14.0. The van der Waals surface area contributed by atoms with Gasteiger partial charge in [0.05, 0.1) is 10.5 Å². The lowest BCUT2D eigenvalue weighted by atomic mass is 10.2. The van der Waals surface area contributed by atoms with Gasteiger partial charge in [-0.05, 0) is 42.4 Å². The number of hydrogen-bond acceptors (Lipinski definition) is 4. The maximum absolute atomic E-state index is 14.0. The van der Waals surface area contributed by atoms with Crippen molar-refractivity contribution in [1.82, 2.24) is 15.0 Å². The summed E-state index contributed by atoms with van der Waals surface area (Å²) in [4.78, 5) is 11.0. The van der Waals surface area contributed by atoms with Crippen LogP contribution in [-0.2, 0) is 4.43 Å². The molecule has 0 bridgehead atoms. The Labute approximate surface area is 200 Å². The van der Waals surface area contributed by atoms with Crippen molar-refractivity contribution in [1.29, 1.82) is 0 Å². The quantitative estimate of drug-likeness (QED) is 0.213. The van der Waals surface area contributed by atoms with Gasteiger partial charge in [0.2, 0.25) is 6.10 Å². The Bertz CT molecular complexity index is 1190. The molecular weight excluding hydrogens is 496 g/mol. The first kappa shape index (κ1) is 25.5. The smallest absolute Gasteiger partial charge is 0.400 e. The number of thiocarbonyl (C=S) groups is 1. The summed E-state index contributed by atoms with van der Waals surface area (Å²) in [5, 5.41) is 2.37. The number of benzene rings is 1. The number of rotatable bonds is 5. The number of halogens is 5. The molecule has 12 heteroatoms. The number of hydrogen-bond donors (Lipinski definition) is 2. The third-order valence-corrected chi connectivity index (χ3v) is 10.6. The van der Waals surface area contributed by atoms with Crippen LogP contribution < -0.4 is 5.32 Å². The Morgan fingerprint density at radius 1 is 1.21 bits per heavy atom. The summed E-state index contributed by atoms with van der Waals surface area (Å²) >= 11 is 11.2. The topological polar surface area (TPSA) is 62.8 Å². The van der Waals surface area contributed by atoms with Gasteiger partial charge in [-0.25, -0.2) is 14.4 Å². The van der Waals surface area contributed by atoms with E-state index in [4.69, 9.17) is 28.2 Å². The van der Waals surface area contributed by atoms with Gasteiger partial charge in [-0.2, -0.15) is 13.2 Å². The molecule has 2 N–H and O–H groups in total. The molecule has 2 heterocycles. The first-order valence-corrected chi connectivity index (χ1v) is 13.6. The van der Waals surface area contributed by atoms with Crippen LogP contribution in [0, 0.1) is 5.82 Å². The molecule has 0 fully saturated rings. The SMILES string of the molecule is CC(C)(C)[Si](C)(C)OC(c1nc2nccc(C(=S)Nc3ccc(F)c(Cl)c3)c2[nH]1)C(F)(F)F. The van der Waals surface area contributed by atoms with Crippen LogP contribution in [0.2, 0.25) is 23.2 Å². The number of nitrogens with one attached hydrogen (secondary N) is 2.